The number of aliphatic carboxylic acids is 3. The first kappa shape index (κ1) is 24.8. The Morgan fingerprint density at radius 3 is 0.750 bits per heavy atom. The van der Waals surface area contributed by atoms with Crippen molar-refractivity contribution in [1.29, 1.82) is 0 Å². The maximum atomic E-state index is 9.26. The summed E-state index contributed by atoms with van der Waals surface area (Å²) in [6.07, 6.45) is 0.333. The molecule has 0 saturated heterocycles. The summed E-state index contributed by atoms with van der Waals surface area (Å²) < 4.78 is 0. The smallest absolute Gasteiger partial charge is 0.550 e. The van der Waals surface area contributed by atoms with E-state index in [0.29, 0.717) is 0 Å². The molecule has 0 aliphatic rings. The Hall–Kier alpha value is -0.226. The number of hydrogen-bond acceptors (Lipinski definition) is 6. The minimum Gasteiger partial charge on any atom is -0.550 e. The molecule has 0 bridgehead atoms. The molecule has 0 radical (unpaired) electrons. The average molecular weight is 360 g/mol. The Morgan fingerprint density at radius 1 is 0.688 bits per heavy atom. The van der Waals surface area contributed by atoms with Gasteiger partial charge in [0, 0.05) is 17.9 Å². The van der Waals surface area contributed by atoms with Gasteiger partial charge in [0.2, 0.25) is 0 Å². The van der Waals surface area contributed by atoms with Crippen LogP contribution >= 0.6 is 0 Å². The zero-order valence-corrected chi connectivity index (χ0v) is 13.4. The molecule has 0 spiro atoms. The quantitative estimate of drug-likeness (QED) is 0.546. The Bertz CT molecular complexity index is 159. The first-order chi connectivity index (χ1) is 6.81. The number of hydrogen-bond donors (Lipinski definition) is 0. The van der Waals surface area contributed by atoms with Crippen LogP contribution in [0.5, 0.6) is 0 Å². The van der Waals surface area contributed by atoms with Crippen LogP contribution < -0.4 is 15.3 Å². The van der Waals surface area contributed by atoms with E-state index in [4.69, 9.17) is 0 Å². The normalized spacial score (nSPS) is 6.94. The number of carbonyl (C=O) groups is 3. The third-order valence-electron chi connectivity index (χ3n) is 0.866. The second-order valence-electron chi connectivity index (χ2n) is 2.18. The third kappa shape index (κ3) is 67.4. The van der Waals surface area contributed by atoms with Crippen molar-refractivity contribution in [3.8, 4) is 0 Å². The molecule has 0 unspecified atom stereocenters. The third-order valence-corrected chi connectivity index (χ3v) is 0.866. The van der Waals surface area contributed by atoms with Crippen LogP contribution in [0.25, 0.3) is 0 Å². The molecule has 0 aromatic carbocycles. The molecular formula is C9H15O6Pr. The molecule has 0 aromatic rings. The van der Waals surface area contributed by atoms with Gasteiger partial charge >= 0.3 is 41.3 Å². The first-order valence-electron chi connectivity index (χ1n) is 4.41. The van der Waals surface area contributed by atoms with Crippen molar-refractivity contribution < 1.29 is 71.0 Å². The van der Waals surface area contributed by atoms with Crippen molar-refractivity contribution in [3.05, 3.63) is 0 Å². The number of carboxylic acid groups (broad SMARTS) is 3. The predicted molar refractivity (Wildman–Crippen MR) is 45.9 cm³/mol. The summed E-state index contributed by atoms with van der Waals surface area (Å²) in [7, 11) is 0. The molecular weight excluding hydrogens is 345 g/mol. The summed E-state index contributed by atoms with van der Waals surface area (Å²) in [4.78, 5) is 27.8. The summed E-state index contributed by atoms with van der Waals surface area (Å²) in [5.74, 6) is -2.99. The maximum Gasteiger partial charge on any atom is 3.00 e. The van der Waals surface area contributed by atoms with E-state index >= 15 is 0 Å². The molecule has 0 heterocycles. The Labute approximate surface area is 128 Å². The first-order valence-corrected chi connectivity index (χ1v) is 4.41. The zero-order valence-electron chi connectivity index (χ0n) is 9.65. The molecule has 16 heavy (non-hydrogen) atoms. The van der Waals surface area contributed by atoms with E-state index in [1.54, 1.807) is 0 Å². The van der Waals surface area contributed by atoms with Crippen molar-refractivity contribution in [1.82, 2.24) is 0 Å². The SMILES string of the molecule is CCC(=O)[O-].CCC(=O)[O-].CCC(=O)[O-].[Pr+3]. The van der Waals surface area contributed by atoms with E-state index < -0.39 is 17.9 Å². The maximum absolute atomic E-state index is 9.26. The molecule has 0 aromatic heterocycles. The van der Waals surface area contributed by atoms with Crippen molar-refractivity contribution >= 4 is 17.9 Å². The van der Waals surface area contributed by atoms with E-state index in [9.17, 15) is 29.7 Å². The van der Waals surface area contributed by atoms with Crippen LogP contribution in [0.4, 0.5) is 0 Å². The zero-order chi connectivity index (χ0) is 12.9. The predicted octanol–water partition coefficient (Wildman–Crippen LogP) is -2.56. The minimum atomic E-state index is -0.995. The summed E-state index contributed by atoms with van der Waals surface area (Å²) in [6.45, 7) is 4.61. The Morgan fingerprint density at radius 2 is 0.750 bits per heavy atom. The molecule has 0 aliphatic carbocycles. The molecule has 90 valence electrons. The van der Waals surface area contributed by atoms with Crippen molar-refractivity contribution in [2.24, 2.45) is 0 Å². The Balaban J connectivity index is -0.0000000655. The van der Waals surface area contributed by atoms with Gasteiger partial charge in [-0.2, -0.15) is 0 Å². The van der Waals surface area contributed by atoms with E-state index in [-0.39, 0.29) is 60.6 Å². The van der Waals surface area contributed by atoms with Crippen LogP contribution in [0, 0.1) is 41.3 Å². The molecule has 0 aliphatic heterocycles. The van der Waals surface area contributed by atoms with Gasteiger partial charge in [-0.3, -0.25) is 0 Å². The fourth-order valence-corrected chi connectivity index (χ4v) is 0. The molecule has 0 amide bonds. The average Bonchev–Trinajstić information content (AvgIpc) is 2.19. The number of carboxylic acids is 3. The van der Waals surface area contributed by atoms with Crippen LogP contribution in [0.1, 0.15) is 40.0 Å². The van der Waals surface area contributed by atoms with Gasteiger partial charge in [-0.15, -0.1) is 0 Å². The fraction of sp³-hybridized carbons (Fsp3) is 0.667. The van der Waals surface area contributed by atoms with E-state index in [1.165, 1.54) is 20.8 Å². The fourth-order valence-electron chi connectivity index (χ4n) is 0. The standard InChI is InChI=1S/3C3H6O2.Pr/c3*1-2-3(4)5;/h3*2H2,1H3,(H,4,5);/q;;;+3/p-3. The van der Waals surface area contributed by atoms with Crippen LogP contribution in [0.15, 0.2) is 0 Å². The topological polar surface area (TPSA) is 120 Å². The van der Waals surface area contributed by atoms with Crippen LogP contribution in [-0.4, -0.2) is 17.9 Å². The summed E-state index contributed by atoms with van der Waals surface area (Å²) >= 11 is 0. The van der Waals surface area contributed by atoms with Gasteiger partial charge in [-0.1, -0.05) is 20.8 Å². The molecule has 0 N–H and O–H groups in total. The molecule has 7 heteroatoms. The van der Waals surface area contributed by atoms with Gasteiger partial charge in [-0.05, 0) is 19.3 Å². The second kappa shape index (κ2) is 20.2. The van der Waals surface area contributed by atoms with E-state index in [1.807, 2.05) is 0 Å². The van der Waals surface area contributed by atoms with Gasteiger partial charge in [0.25, 0.3) is 0 Å². The van der Waals surface area contributed by atoms with E-state index in [0.717, 1.165) is 0 Å². The van der Waals surface area contributed by atoms with Gasteiger partial charge in [-0.25, -0.2) is 0 Å². The number of rotatable bonds is 3. The van der Waals surface area contributed by atoms with Gasteiger partial charge < -0.3 is 29.7 Å². The Kier molecular flexibility index (Phi) is 31.4. The molecule has 6 nitrogen and oxygen atoms in total. The van der Waals surface area contributed by atoms with Crippen LogP contribution in [0.3, 0.4) is 0 Å². The van der Waals surface area contributed by atoms with Crippen molar-refractivity contribution in [2.75, 3.05) is 0 Å². The van der Waals surface area contributed by atoms with E-state index in [2.05, 4.69) is 0 Å². The molecule has 0 saturated carbocycles. The monoisotopic (exact) mass is 360 g/mol. The van der Waals surface area contributed by atoms with Gasteiger partial charge in [0.1, 0.15) is 0 Å². The largest absolute Gasteiger partial charge is 3.00 e. The van der Waals surface area contributed by atoms with Crippen molar-refractivity contribution in [2.45, 2.75) is 40.0 Å². The van der Waals surface area contributed by atoms with Gasteiger partial charge in [0.15, 0.2) is 0 Å². The number of carbonyl (C=O) groups excluding carboxylic acids is 3. The molecule has 0 fully saturated rings. The molecule has 0 rings (SSSR count). The molecule has 0 atom stereocenters. The second-order valence-corrected chi connectivity index (χ2v) is 2.18. The minimum absolute atomic E-state index is 0. The summed E-state index contributed by atoms with van der Waals surface area (Å²) in [5, 5.41) is 27.8. The summed E-state index contributed by atoms with van der Waals surface area (Å²) in [5.41, 5.74) is 0. The van der Waals surface area contributed by atoms with Crippen LogP contribution in [-0.2, 0) is 14.4 Å². The van der Waals surface area contributed by atoms with Crippen LogP contribution in [0.2, 0.25) is 0 Å². The summed E-state index contributed by atoms with van der Waals surface area (Å²) in [6, 6.07) is 0. The van der Waals surface area contributed by atoms with Gasteiger partial charge in [0.05, 0.1) is 0 Å². The van der Waals surface area contributed by atoms with Crippen molar-refractivity contribution in [3.63, 3.8) is 0 Å².